The van der Waals surface area contributed by atoms with Crippen LogP contribution >= 0.6 is 0 Å². The smallest absolute Gasteiger partial charge is 0.0409 e. The third-order valence-corrected chi connectivity index (χ3v) is 5.80. The van der Waals surface area contributed by atoms with Crippen molar-refractivity contribution in [3.8, 4) is 0 Å². The van der Waals surface area contributed by atoms with E-state index in [4.69, 9.17) is 5.73 Å². The molecule has 1 nitrogen and oxygen atoms in total. The molecule has 0 aromatic heterocycles. The molecule has 0 unspecified atom stereocenters. The highest BCUT2D eigenvalue weighted by Gasteiger charge is 2.38. The SMILES string of the molecule is CCc1cccc(C2(N)CCC(C(C)(C)CC)CC2)c1. The molecule has 1 heteroatoms. The van der Waals surface area contributed by atoms with E-state index in [0.717, 1.165) is 25.2 Å². The molecule has 1 aromatic rings. The van der Waals surface area contributed by atoms with Crippen LogP contribution in [0.3, 0.4) is 0 Å². The maximum Gasteiger partial charge on any atom is 0.0409 e. The molecule has 0 atom stereocenters. The third kappa shape index (κ3) is 3.09. The van der Waals surface area contributed by atoms with E-state index in [2.05, 4.69) is 52.0 Å². The second-order valence-corrected chi connectivity index (χ2v) is 7.33. The van der Waals surface area contributed by atoms with Crippen molar-refractivity contribution >= 4 is 0 Å². The third-order valence-electron chi connectivity index (χ3n) is 5.80. The Morgan fingerprint density at radius 2 is 1.85 bits per heavy atom. The van der Waals surface area contributed by atoms with Crippen LogP contribution < -0.4 is 5.73 Å². The van der Waals surface area contributed by atoms with Gasteiger partial charge in [0.2, 0.25) is 0 Å². The van der Waals surface area contributed by atoms with Gasteiger partial charge in [-0.3, -0.25) is 0 Å². The lowest BCUT2D eigenvalue weighted by molar-refractivity contribution is 0.115. The van der Waals surface area contributed by atoms with E-state index < -0.39 is 0 Å². The summed E-state index contributed by atoms with van der Waals surface area (Å²) in [6.07, 6.45) is 7.17. The van der Waals surface area contributed by atoms with Gasteiger partial charge in [-0.15, -0.1) is 0 Å². The Morgan fingerprint density at radius 3 is 2.40 bits per heavy atom. The van der Waals surface area contributed by atoms with Crippen molar-refractivity contribution in [2.75, 3.05) is 0 Å². The maximum absolute atomic E-state index is 6.75. The number of hydrogen-bond acceptors (Lipinski definition) is 1. The summed E-state index contributed by atoms with van der Waals surface area (Å²) in [6, 6.07) is 8.93. The molecule has 1 saturated carbocycles. The summed E-state index contributed by atoms with van der Waals surface area (Å²) >= 11 is 0. The Labute approximate surface area is 125 Å². The zero-order chi connectivity index (χ0) is 14.8. The lowest BCUT2D eigenvalue weighted by atomic mass is 9.64. The Balaban J connectivity index is 2.11. The van der Waals surface area contributed by atoms with Crippen LogP contribution in [-0.4, -0.2) is 0 Å². The van der Waals surface area contributed by atoms with Gasteiger partial charge in [0.05, 0.1) is 0 Å². The molecule has 20 heavy (non-hydrogen) atoms. The van der Waals surface area contributed by atoms with Gasteiger partial charge < -0.3 is 5.73 Å². The number of hydrogen-bond donors (Lipinski definition) is 1. The highest BCUT2D eigenvalue weighted by molar-refractivity contribution is 5.30. The molecule has 2 rings (SSSR count). The minimum atomic E-state index is -0.0918. The van der Waals surface area contributed by atoms with Crippen LogP contribution in [0.25, 0.3) is 0 Å². The minimum absolute atomic E-state index is 0.0918. The Bertz CT molecular complexity index is 439. The number of benzene rings is 1. The molecule has 2 N–H and O–H groups in total. The zero-order valence-corrected chi connectivity index (χ0v) is 13.7. The largest absolute Gasteiger partial charge is 0.321 e. The summed E-state index contributed by atoms with van der Waals surface area (Å²) in [7, 11) is 0. The van der Waals surface area contributed by atoms with Crippen LogP contribution in [0, 0.1) is 11.3 Å². The standard InChI is InChI=1S/C19H31N/c1-5-15-8-7-9-17(14-15)19(20)12-10-16(11-13-19)18(3,4)6-2/h7-9,14,16H,5-6,10-13,20H2,1-4H3. The van der Waals surface area contributed by atoms with E-state index in [-0.39, 0.29) is 5.54 Å². The first-order chi connectivity index (χ1) is 9.41. The Morgan fingerprint density at radius 1 is 1.20 bits per heavy atom. The first-order valence-corrected chi connectivity index (χ1v) is 8.29. The van der Waals surface area contributed by atoms with Crippen LogP contribution in [0.2, 0.25) is 0 Å². The lowest BCUT2D eigenvalue weighted by Crippen LogP contribution is -2.42. The van der Waals surface area contributed by atoms with Crippen molar-refractivity contribution in [1.82, 2.24) is 0 Å². The van der Waals surface area contributed by atoms with Crippen molar-refractivity contribution in [1.29, 1.82) is 0 Å². The van der Waals surface area contributed by atoms with Crippen molar-refractivity contribution in [2.24, 2.45) is 17.1 Å². The van der Waals surface area contributed by atoms with Crippen molar-refractivity contribution in [3.63, 3.8) is 0 Å². The van der Waals surface area contributed by atoms with Crippen LogP contribution in [0.4, 0.5) is 0 Å². The van der Waals surface area contributed by atoms with Crippen molar-refractivity contribution in [2.45, 2.75) is 71.8 Å². The summed E-state index contributed by atoms with van der Waals surface area (Å²) in [5.74, 6) is 0.832. The van der Waals surface area contributed by atoms with Gasteiger partial charge in [0.15, 0.2) is 0 Å². The van der Waals surface area contributed by atoms with E-state index in [1.807, 2.05) is 0 Å². The first kappa shape index (κ1) is 15.6. The second kappa shape index (κ2) is 5.89. The maximum atomic E-state index is 6.75. The first-order valence-electron chi connectivity index (χ1n) is 8.29. The summed E-state index contributed by atoms with van der Waals surface area (Å²) in [5.41, 5.74) is 9.88. The van der Waals surface area contributed by atoms with E-state index in [0.29, 0.717) is 5.41 Å². The van der Waals surface area contributed by atoms with Crippen LogP contribution in [-0.2, 0) is 12.0 Å². The predicted molar refractivity (Wildman–Crippen MR) is 87.7 cm³/mol. The number of rotatable bonds is 4. The van der Waals surface area contributed by atoms with Gasteiger partial charge in [0, 0.05) is 5.54 Å². The molecule has 0 spiro atoms. The average molecular weight is 273 g/mol. The summed E-state index contributed by atoms with van der Waals surface area (Å²) in [5, 5.41) is 0. The van der Waals surface area contributed by atoms with Crippen LogP contribution in [0.5, 0.6) is 0 Å². The molecule has 112 valence electrons. The van der Waals surface area contributed by atoms with Gasteiger partial charge in [0.25, 0.3) is 0 Å². The Kier molecular flexibility index (Phi) is 4.59. The topological polar surface area (TPSA) is 26.0 Å². The van der Waals surface area contributed by atoms with Crippen LogP contribution in [0.1, 0.15) is 70.9 Å². The highest BCUT2D eigenvalue weighted by Crippen LogP contribution is 2.45. The molecular weight excluding hydrogens is 242 g/mol. The lowest BCUT2D eigenvalue weighted by Gasteiger charge is -2.43. The number of aryl methyl sites for hydroxylation is 1. The van der Waals surface area contributed by atoms with E-state index >= 15 is 0 Å². The predicted octanol–water partition coefficient (Wildman–Crippen LogP) is 5.03. The van der Waals surface area contributed by atoms with Gasteiger partial charge in [-0.1, -0.05) is 58.4 Å². The van der Waals surface area contributed by atoms with Crippen molar-refractivity contribution < 1.29 is 0 Å². The summed E-state index contributed by atoms with van der Waals surface area (Å²) in [4.78, 5) is 0. The molecule has 1 aliphatic rings. The monoisotopic (exact) mass is 273 g/mol. The molecule has 1 aromatic carbocycles. The van der Waals surface area contributed by atoms with Gasteiger partial charge >= 0.3 is 0 Å². The molecule has 0 aliphatic heterocycles. The van der Waals surface area contributed by atoms with E-state index in [1.165, 1.54) is 30.4 Å². The Hall–Kier alpha value is -0.820. The fourth-order valence-corrected chi connectivity index (χ4v) is 3.59. The normalized spacial score (nSPS) is 27.6. The molecule has 1 aliphatic carbocycles. The molecule has 0 bridgehead atoms. The molecular formula is C19H31N. The van der Waals surface area contributed by atoms with Gasteiger partial charge in [0.1, 0.15) is 0 Å². The molecule has 1 fully saturated rings. The van der Waals surface area contributed by atoms with Gasteiger partial charge in [-0.2, -0.15) is 0 Å². The van der Waals surface area contributed by atoms with E-state index in [1.54, 1.807) is 0 Å². The molecule has 0 radical (unpaired) electrons. The van der Waals surface area contributed by atoms with Gasteiger partial charge in [-0.05, 0) is 54.6 Å². The quantitative estimate of drug-likeness (QED) is 0.818. The molecule has 0 heterocycles. The van der Waals surface area contributed by atoms with Gasteiger partial charge in [-0.25, -0.2) is 0 Å². The van der Waals surface area contributed by atoms with Crippen molar-refractivity contribution in [3.05, 3.63) is 35.4 Å². The van der Waals surface area contributed by atoms with E-state index in [9.17, 15) is 0 Å². The summed E-state index contributed by atoms with van der Waals surface area (Å²) < 4.78 is 0. The number of nitrogens with two attached hydrogens (primary N) is 1. The second-order valence-electron chi connectivity index (χ2n) is 7.33. The summed E-state index contributed by atoms with van der Waals surface area (Å²) in [6.45, 7) is 9.36. The highest BCUT2D eigenvalue weighted by atomic mass is 14.8. The molecule has 0 saturated heterocycles. The molecule has 0 amide bonds. The minimum Gasteiger partial charge on any atom is -0.321 e. The zero-order valence-electron chi connectivity index (χ0n) is 13.7. The van der Waals surface area contributed by atoms with Crippen LogP contribution in [0.15, 0.2) is 24.3 Å². The fourth-order valence-electron chi connectivity index (χ4n) is 3.59. The average Bonchev–Trinajstić information content (AvgIpc) is 2.48. The fraction of sp³-hybridized carbons (Fsp3) is 0.684.